The van der Waals surface area contributed by atoms with E-state index in [1.54, 1.807) is 6.08 Å². The average molecular weight is 165 g/mol. The first-order valence-corrected chi connectivity index (χ1v) is 3.78. The predicted octanol–water partition coefficient (Wildman–Crippen LogP) is 2.14. The molecule has 2 nitrogen and oxygen atoms in total. The number of rotatable bonds is 5. The molecule has 0 bridgehead atoms. The number of hydrogen-bond acceptors (Lipinski definition) is 2. The molecular formula is C7H13ClO2. The molecule has 0 fully saturated rings. The lowest BCUT2D eigenvalue weighted by molar-refractivity contribution is -0.103. The van der Waals surface area contributed by atoms with Crippen molar-refractivity contribution in [1.29, 1.82) is 0 Å². The van der Waals surface area contributed by atoms with Gasteiger partial charge in [0, 0.05) is 18.7 Å². The standard InChI is InChI=1S/C7H13ClO2/c1-3-9-7(5-6-8)10-4-2/h5-7H,3-4H2,1-2H3. The summed E-state index contributed by atoms with van der Waals surface area (Å²) in [6, 6.07) is 0. The normalized spacial score (nSPS) is 11.6. The van der Waals surface area contributed by atoms with Crippen LogP contribution in [0.2, 0.25) is 0 Å². The van der Waals surface area contributed by atoms with E-state index in [0.29, 0.717) is 13.2 Å². The summed E-state index contributed by atoms with van der Waals surface area (Å²) in [7, 11) is 0. The van der Waals surface area contributed by atoms with E-state index >= 15 is 0 Å². The largest absolute Gasteiger partial charge is 0.349 e. The lowest BCUT2D eigenvalue weighted by Gasteiger charge is -2.11. The highest BCUT2D eigenvalue weighted by atomic mass is 35.5. The summed E-state index contributed by atoms with van der Waals surface area (Å²) in [6.45, 7) is 5.08. The molecule has 0 aromatic heterocycles. The van der Waals surface area contributed by atoms with E-state index in [0.717, 1.165) is 0 Å². The molecule has 0 unspecified atom stereocenters. The van der Waals surface area contributed by atoms with Gasteiger partial charge >= 0.3 is 0 Å². The Kier molecular flexibility index (Phi) is 7.03. The summed E-state index contributed by atoms with van der Waals surface area (Å²) in [5.74, 6) is 0. The fourth-order valence-electron chi connectivity index (χ4n) is 0.547. The van der Waals surface area contributed by atoms with Crippen molar-refractivity contribution in [2.45, 2.75) is 20.1 Å². The first-order valence-electron chi connectivity index (χ1n) is 3.35. The molecule has 3 heteroatoms. The summed E-state index contributed by atoms with van der Waals surface area (Å²) < 4.78 is 10.3. The Morgan fingerprint density at radius 2 is 1.80 bits per heavy atom. The first-order chi connectivity index (χ1) is 4.85. The topological polar surface area (TPSA) is 18.5 Å². The first kappa shape index (κ1) is 9.95. The van der Waals surface area contributed by atoms with Crippen molar-refractivity contribution in [1.82, 2.24) is 0 Å². The van der Waals surface area contributed by atoms with E-state index in [2.05, 4.69) is 0 Å². The summed E-state index contributed by atoms with van der Waals surface area (Å²) >= 11 is 5.33. The van der Waals surface area contributed by atoms with Crippen LogP contribution in [0.25, 0.3) is 0 Å². The van der Waals surface area contributed by atoms with E-state index in [1.165, 1.54) is 5.54 Å². The fourth-order valence-corrected chi connectivity index (χ4v) is 0.666. The van der Waals surface area contributed by atoms with Gasteiger partial charge < -0.3 is 9.47 Å². The minimum absolute atomic E-state index is 0.285. The predicted molar refractivity (Wildman–Crippen MR) is 42.0 cm³/mol. The van der Waals surface area contributed by atoms with Crippen LogP contribution in [0.4, 0.5) is 0 Å². The Bertz CT molecular complexity index is 87.6. The van der Waals surface area contributed by atoms with Gasteiger partial charge in [-0.1, -0.05) is 11.6 Å². The number of halogens is 1. The van der Waals surface area contributed by atoms with Crippen LogP contribution in [0.1, 0.15) is 13.8 Å². The second-order valence-corrected chi connectivity index (χ2v) is 1.85. The maximum Gasteiger partial charge on any atom is 0.177 e. The minimum atomic E-state index is -0.285. The van der Waals surface area contributed by atoms with E-state index in [1.807, 2.05) is 13.8 Å². The van der Waals surface area contributed by atoms with E-state index in [-0.39, 0.29) is 6.29 Å². The Hall–Kier alpha value is -0.0500. The van der Waals surface area contributed by atoms with Crippen molar-refractivity contribution in [2.24, 2.45) is 0 Å². The second kappa shape index (κ2) is 7.06. The highest BCUT2D eigenvalue weighted by molar-refractivity contribution is 6.25. The summed E-state index contributed by atoms with van der Waals surface area (Å²) in [4.78, 5) is 0. The van der Waals surface area contributed by atoms with Gasteiger partial charge in [-0.05, 0) is 19.9 Å². The molecule has 0 atom stereocenters. The lowest BCUT2D eigenvalue weighted by atomic mass is 10.6. The van der Waals surface area contributed by atoms with Crippen LogP contribution >= 0.6 is 11.6 Å². The summed E-state index contributed by atoms with van der Waals surface area (Å²) in [5.41, 5.74) is 1.40. The molecule has 0 amide bonds. The maximum absolute atomic E-state index is 5.33. The molecule has 0 spiro atoms. The third-order valence-corrected chi connectivity index (χ3v) is 1.04. The van der Waals surface area contributed by atoms with Crippen LogP contribution < -0.4 is 0 Å². The highest BCUT2D eigenvalue weighted by Crippen LogP contribution is 1.97. The Morgan fingerprint density at radius 1 is 1.30 bits per heavy atom. The molecule has 0 radical (unpaired) electrons. The van der Waals surface area contributed by atoms with Gasteiger partial charge in [-0.25, -0.2) is 0 Å². The van der Waals surface area contributed by atoms with Crippen LogP contribution in [0.5, 0.6) is 0 Å². The van der Waals surface area contributed by atoms with Gasteiger partial charge in [-0.15, -0.1) is 0 Å². The zero-order chi connectivity index (χ0) is 7.82. The summed E-state index contributed by atoms with van der Waals surface area (Å²) in [5, 5.41) is 0. The molecule has 0 N–H and O–H groups in total. The van der Waals surface area contributed by atoms with Crippen LogP contribution in [0, 0.1) is 0 Å². The van der Waals surface area contributed by atoms with Gasteiger partial charge in [0.25, 0.3) is 0 Å². The number of hydrogen-bond donors (Lipinski definition) is 0. The molecule has 0 aromatic rings. The second-order valence-electron chi connectivity index (χ2n) is 1.60. The molecule has 0 aliphatic carbocycles. The van der Waals surface area contributed by atoms with Crippen molar-refractivity contribution in [3.8, 4) is 0 Å². The van der Waals surface area contributed by atoms with Gasteiger partial charge in [0.2, 0.25) is 0 Å². The van der Waals surface area contributed by atoms with Gasteiger partial charge in [0.15, 0.2) is 6.29 Å². The van der Waals surface area contributed by atoms with E-state index < -0.39 is 0 Å². The highest BCUT2D eigenvalue weighted by Gasteiger charge is 1.99. The summed E-state index contributed by atoms with van der Waals surface area (Å²) in [6.07, 6.45) is 1.38. The van der Waals surface area contributed by atoms with Gasteiger partial charge in [0.1, 0.15) is 0 Å². The molecular weight excluding hydrogens is 152 g/mol. The maximum atomic E-state index is 5.33. The van der Waals surface area contributed by atoms with E-state index in [9.17, 15) is 0 Å². The van der Waals surface area contributed by atoms with Gasteiger partial charge in [0.05, 0.1) is 0 Å². The Balaban J connectivity index is 3.50. The molecule has 0 aliphatic heterocycles. The van der Waals surface area contributed by atoms with Crippen LogP contribution in [0.3, 0.4) is 0 Å². The Morgan fingerprint density at radius 3 is 2.10 bits per heavy atom. The van der Waals surface area contributed by atoms with E-state index in [4.69, 9.17) is 21.1 Å². The molecule has 0 aromatic carbocycles. The number of ether oxygens (including phenoxy) is 2. The fraction of sp³-hybridized carbons (Fsp3) is 0.714. The van der Waals surface area contributed by atoms with Crippen LogP contribution in [-0.2, 0) is 9.47 Å². The van der Waals surface area contributed by atoms with Crippen molar-refractivity contribution >= 4 is 11.6 Å². The lowest BCUT2D eigenvalue weighted by Crippen LogP contribution is -2.13. The minimum Gasteiger partial charge on any atom is -0.349 e. The molecule has 0 aliphatic rings. The molecule has 0 saturated carbocycles. The average Bonchev–Trinajstić information content (AvgIpc) is 1.90. The third kappa shape index (κ3) is 4.79. The van der Waals surface area contributed by atoms with Gasteiger partial charge in [-0.3, -0.25) is 0 Å². The van der Waals surface area contributed by atoms with Crippen molar-refractivity contribution in [3.05, 3.63) is 11.6 Å². The van der Waals surface area contributed by atoms with Crippen molar-refractivity contribution < 1.29 is 9.47 Å². The molecule has 0 rings (SSSR count). The zero-order valence-electron chi connectivity index (χ0n) is 6.34. The quantitative estimate of drug-likeness (QED) is 0.580. The van der Waals surface area contributed by atoms with Crippen LogP contribution in [0.15, 0.2) is 11.6 Å². The zero-order valence-corrected chi connectivity index (χ0v) is 7.10. The van der Waals surface area contributed by atoms with Gasteiger partial charge in [-0.2, -0.15) is 0 Å². The monoisotopic (exact) mass is 164 g/mol. The Labute approximate surface area is 66.8 Å². The SMILES string of the molecule is CCOC(C=CCl)OCC. The molecule has 10 heavy (non-hydrogen) atoms. The van der Waals surface area contributed by atoms with Crippen molar-refractivity contribution in [3.63, 3.8) is 0 Å². The molecule has 0 saturated heterocycles. The molecule has 0 heterocycles. The molecule has 60 valence electrons. The van der Waals surface area contributed by atoms with Crippen molar-refractivity contribution in [2.75, 3.05) is 13.2 Å². The van der Waals surface area contributed by atoms with Crippen LogP contribution in [-0.4, -0.2) is 19.5 Å². The third-order valence-electron chi connectivity index (χ3n) is 0.892. The smallest absolute Gasteiger partial charge is 0.177 e.